The number of pyridine rings is 1. The second-order valence-electron chi connectivity index (χ2n) is 13.4. The predicted molar refractivity (Wildman–Crippen MR) is 227 cm³/mol. The highest BCUT2D eigenvalue weighted by Crippen LogP contribution is 2.42. The summed E-state index contributed by atoms with van der Waals surface area (Å²) in [7, 11) is 1.58. The normalized spacial score (nSPS) is 11.2. The molecule has 0 saturated heterocycles. The molecule has 0 radical (unpaired) electrons. The average Bonchev–Trinajstić information content (AvgIpc) is 3.21. The van der Waals surface area contributed by atoms with Crippen molar-refractivity contribution < 1.29 is 34.1 Å². The van der Waals surface area contributed by atoms with Gasteiger partial charge in [0, 0.05) is 65.5 Å². The lowest BCUT2D eigenvalue weighted by Gasteiger charge is -2.24. The van der Waals surface area contributed by atoms with Crippen molar-refractivity contribution in [2.45, 2.75) is 13.3 Å². The zero-order valence-corrected chi connectivity index (χ0v) is 32.3. The molecular weight excluding hydrogens is 761 g/mol. The largest absolute Gasteiger partial charge is 0.508 e. The standard InChI is InChI=1S/C44H38N4O9S/c1-3-25-8-7-11-34-37(25)40(51)39(41(52)47(34)2)42(53)48(27-9-5-4-6-10-27)19-21-56-20-18-45-44(58)46-26-12-15-30(33(22-26)43(54)55)38-31-16-13-28(49)23-35(31)57-36-24-29(50)14-17-32(36)38/h4-17,22-24,49,51H,3,18-21H2,1-2H3,(H,54,55)(H2,45,46,58). The smallest absolute Gasteiger partial charge is 0.336 e. The topological polar surface area (TPSA) is 184 Å². The SMILES string of the molecule is CCc1cccc2c1c(O)c(C(=O)N(CCOCCNC(=S)Nc1ccc(-c3c4ccc(=O)cc-4oc4cc(O)ccc34)c(C(=O)O)c1)c1ccccc1)c(=O)n2C. The summed E-state index contributed by atoms with van der Waals surface area (Å²) >= 11 is 5.48. The number of carbonyl (C=O) groups excluding carboxylic acids is 1. The van der Waals surface area contributed by atoms with Gasteiger partial charge in [0.2, 0.25) is 0 Å². The van der Waals surface area contributed by atoms with E-state index in [1.165, 1.54) is 39.8 Å². The first-order valence-electron chi connectivity index (χ1n) is 18.4. The molecule has 1 aliphatic heterocycles. The third kappa shape index (κ3) is 7.70. The Labute approximate surface area is 336 Å². The fraction of sp³-hybridized carbons (Fsp3) is 0.159. The lowest BCUT2D eigenvalue weighted by atomic mass is 9.90. The van der Waals surface area contributed by atoms with Crippen molar-refractivity contribution in [2.24, 2.45) is 7.05 Å². The van der Waals surface area contributed by atoms with Gasteiger partial charge in [-0.05, 0) is 84.4 Å². The first-order chi connectivity index (χ1) is 28.0. The number of aromatic carboxylic acids is 1. The van der Waals surface area contributed by atoms with Gasteiger partial charge >= 0.3 is 5.97 Å². The van der Waals surface area contributed by atoms with Crippen LogP contribution >= 0.6 is 12.2 Å². The molecular formula is C44H38N4O9S. The number of carboxylic acids is 1. The summed E-state index contributed by atoms with van der Waals surface area (Å²) in [6.45, 7) is 2.55. The molecule has 14 heteroatoms. The highest BCUT2D eigenvalue weighted by Gasteiger charge is 2.28. The molecule has 0 spiro atoms. The van der Waals surface area contributed by atoms with Crippen LogP contribution in [-0.4, -0.2) is 63.2 Å². The summed E-state index contributed by atoms with van der Waals surface area (Å²) in [5, 5.41) is 39.0. The quantitative estimate of drug-likeness (QED) is 0.0500. The van der Waals surface area contributed by atoms with Gasteiger partial charge in [-0.1, -0.05) is 43.3 Å². The van der Waals surface area contributed by atoms with Crippen LogP contribution in [0.25, 0.3) is 44.3 Å². The number of fused-ring (bicyclic) bond motifs is 3. The molecule has 0 fully saturated rings. The number of aryl methyl sites for hydroxylation is 2. The highest BCUT2D eigenvalue weighted by atomic mass is 32.1. The summed E-state index contributed by atoms with van der Waals surface area (Å²) < 4.78 is 13.1. The first kappa shape index (κ1) is 39.2. The average molecular weight is 799 g/mol. The molecule has 58 heavy (non-hydrogen) atoms. The number of phenolic OH excluding ortho intramolecular Hbond substituents is 1. The summed E-state index contributed by atoms with van der Waals surface area (Å²) in [6.07, 6.45) is 0.593. The molecule has 0 unspecified atom stereocenters. The molecule has 0 bridgehead atoms. The molecule has 7 rings (SSSR count). The highest BCUT2D eigenvalue weighted by molar-refractivity contribution is 7.80. The van der Waals surface area contributed by atoms with Crippen LogP contribution in [0.4, 0.5) is 11.4 Å². The fourth-order valence-electron chi connectivity index (χ4n) is 7.06. The number of benzene rings is 5. The molecule has 1 amide bonds. The molecule has 13 nitrogen and oxygen atoms in total. The van der Waals surface area contributed by atoms with E-state index in [-0.39, 0.29) is 70.8 Å². The molecule has 4 aromatic carbocycles. The monoisotopic (exact) mass is 798 g/mol. The van der Waals surface area contributed by atoms with Gasteiger partial charge in [0.1, 0.15) is 28.4 Å². The Kier molecular flexibility index (Phi) is 11.2. The van der Waals surface area contributed by atoms with E-state index in [9.17, 15) is 34.5 Å². The van der Waals surface area contributed by atoms with E-state index >= 15 is 0 Å². The van der Waals surface area contributed by atoms with Crippen molar-refractivity contribution >= 4 is 62.5 Å². The maximum atomic E-state index is 14.1. The summed E-state index contributed by atoms with van der Waals surface area (Å²) in [4.78, 5) is 53.7. The first-order valence-corrected chi connectivity index (χ1v) is 18.8. The minimum atomic E-state index is -1.20. The van der Waals surface area contributed by atoms with Gasteiger partial charge in [-0.2, -0.15) is 0 Å². The number of nitrogens with zero attached hydrogens (tertiary/aromatic N) is 2. The molecule has 5 aromatic rings. The number of carboxylic acid groups (broad SMARTS) is 1. The number of nitrogens with one attached hydrogen (secondary N) is 2. The maximum absolute atomic E-state index is 14.1. The Hall–Kier alpha value is -7.03. The molecule has 0 saturated carbocycles. The number of hydrogen-bond acceptors (Lipinski definition) is 9. The third-order valence-corrected chi connectivity index (χ3v) is 10.1. The van der Waals surface area contributed by atoms with Gasteiger partial charge in [-0.15, -0.1) is 0 Å². The Morgan fingerprint density at radius 3 is 2.43 bits per heavy atom. The number of phenols is 1. The van der Waals surface area contributed by atoms with Crippen LogP contribution < -0.4 is 26.5 Å². The van der Waals surface area contributed by atoms with Crippen molar-refractivity contribution in [2.75, 3.05) is 36.5 Å². The zero-order chi connectivity index (χ0) is 41.1. The number of thiocarbonyl (C=S) groups is 1. The Bertz CT molecular complexity index is 2820. The number of ether oxygens (including phenoxy) is 1. The van der Waals surface area contributed by atoms with Crippen LogP contribution in [0.2, 0.25) is 0 Å². The van der Waals surface area contributed by atoms with E-state index in [2.05, 4.69) is 10.6 Å². The van der Waals surface area contributed by atoms with Gasteiger partial charge in [0.15, 0.2) is 10.5 Å². The van der Waals surface area contributed by atoms with Crippen LogP contribution in [0.1, 0.15) is 33.2 Å². The Morgan fingerprint density at radius 2 is 1.67 bits per heavy atom. The van der Waals surface area contributed by atoms with Crippen LogP contribution in [0, 0.1) is 0 Å². The van der Waals surface area contributed by atoms with E-state index in [1.54, 1.807) is 61.6 Å². The Balaban J connectivity index is 1.02. The fourth-order valence-corrected chi connectivity index (χ4v) is 7.28. The molecule has 2 aliphatic rings. The van der Waals surface area contributed by atoms with Crippen LogP contribution in [-0.2, 0) is 18.2 Å². The second-order valence-corrected chi connectivity index (χ2v) is 13.8. The van der Waals surface area contributed by atoms with E-state index in [0.29, 0.717) is 50.8 Å². The number of anilines is 2. The van der Waals surface area contributed by atoms with Gasteiger partial charge in [-0.3, -0.25) is 14.4 Å². The van der Waals surface area contributed by atoms with Crippen LogP contribution in [0.5, 0.6) is 11.5 Å². The summed E-state index contributed by atoms with van der Waals surface area (Å²) in [5.41, 5.74) is 2.69. The molecule has 0 atom stereocenters. The number of aromatic nitrogens is 1. The molecule has 1 aromatic heterocycles. The van der Waals surface area contributed by atoms with Gasteiger partial charge in [0.25, 0.3) is 11.5 Å². The summed E-state index contributed by atoms with van der Waals surface area (Å²) in [6, 6.07) is 27.8. The number of amides is 1. The summed E-state index contributed by atoms with van der Waals surface area (Å²) in [5.74, 6) is -2.01. The Morgan fingerprint density at radius 1 is 0.897 bits per heavy atom. The number of carbonyl (C=O) groups is 2. The van der Waals surface area contributed by atoms with E-state index in [4.69, 9.17) is 21.4 Å². The van der Waals surface area contributed by atoms with Gasteiger partial charge in [-0.25, -0.2) is 4.79 Å². The van der Waals surface area contributed by atoms with E-state index in [0.717, 1.165) is 5.56 Å². The van der Waals surface area contributed by atoms with Gasteiger partial charge in [0.05, 0.1) is 24.3 Å². The van der Waals surface area contributed by atoms with E-state index in [1.807, 2.05) is 25.1 Å². The van der Waals surface area contributed by atoms with Crippen molar-refractivity contribution in [3.63, 3.8) is 0 Å². The van der Waals surface area contributed by atoms with E-state index < -0.39 is 17.4 Å². The number of hydrogen-bond donors (Lipinski definition) is 5. The zero-order valence-electron chi connectivity index (χ0n) is 31.4. The lowest BCUT2D eigenvalue weighted by molar-refractivity contribution is 0.0697. The minimum Gasteiger partial charge on any atom is -0.508 e. The molecule has 2 heterocycles. The third-order valence-electron chi connectivity index (χ3n) is 9.84. The number of rotatable bonds is 12. The van der Waals surface area contributed by atoms with Crippen molar-refractivity contribution in [1.29, 1.82) is 0 Å². The molecule has 294 valence electrons. The predicted octanol–water partition coefficient (Wildman–Crippen LogP) is 6.74. The van der Waals surface area contributed by atoms with Crippen molar-refractivity contribution in [3.05, 3.63) is 140 Å². The molecule has 5 N–H and O–H groups in total. The lowest BCUT2D eigenvalue weighted by Crippen LogP contribution is -2.39. The van der Waals surface area contributed by atoms with Crippen molar-refractivity contribution in [1.82, 2.24) is 9.88 Å². The maximum Gasteiger partial charge on any atom is 0.336 e. The van der Waals surface area contributed by atoms with Gasteiger partial charge < -0.3 is 44.6 Å². The number of para-hydroxylation sites is 1. The number of aromatic hydroxyl groups is 2. The second kappa shape index (κ2) is 16.6. The van der Waals surface area contributed by atoms with Crippen molar-refractivity contribution in [3.8, 4) is 33.9 Å². The van der Waals surface area contributed by atoms with Crippen LogP contribution in [0.15, 0.2) is 117 Å². The van der Waals surface area contributed by atoms with Crippen LogP contribution in [0.3, 0.4) is 0 Å². The minimum absolute atomic E-state index is 0.0395. The molecule has 1 aliphatic carbocycles.